The Labute approximate surface area is 244 Å². The summed E-state index contributed by atoms with van der Waals surface area (Å²) in [6.45, 7) is 7.18. The monoisotopic (exact) mass is 565 g/mol. The fourth-order valence-corrected chi connectivity index (χ4v) is 5.96. The second kappa shape index (κ2) is 11.6. The molecule has 2 saturated heterocycles. The molecule has 2 unspecified atom stereocenters. The molecule has 3 aliphatic heterocycles. The average molecular weight is 566 g/mol. The van der Waals surface area contributed by atoms with Gasteiger partial charge in [0.05, 0.1) is 43.4 Å². The first-order valence-electron chi connectivity index (χ1n) is 14.6. The van der Waals surface area contributed by atoms with Crippen LogP contribution in [0.5, 0.6) is 11.5 Å². The van der Waals surface area contributed by atoms with E-state index in [0.29, 0.717) is 19.8 Å². The van der Waals surface area contributed by atoms with E-state index in [-0.39, 0.29) is 17.7 Å². The van der Waals surface area contributed by atoms with Gasteiger partial charge in [-0.25, -0.2) is 0 Å². The van der Waals surface area contributed by atoms with Gasteiger partial charge in [-0.3, -0.25) is 9.78 Å². The van der Waals surface area contributed by atoms with Crippen LogP contribution in [0.4, 0.5) is 11.4 Å². The fraction of sp³-hybridized carbons (Fsp3) is 0.333. The number of pyridine rings is 2. The summed E-state index contributed by atoms with van der Waals surface area (Å²) in [6.07, 6.45) is 2.58. The van der Waals surface area contributed by atoms with E-state index in [0.717, 1.165) is 89.1 Å². The first-order chi connectivity index (χ1) is 20.6. The smallest absolute Gasteiger partial charge is 0.250 e. The highest BCUT2D eigenvalue weighted by Crippen LogP contribution is 2.43. The molecule has 2 aromatic carbocycles. The quantitative estimate of drug-likeness (QED) is 0.278. The minimum atomic E-state index is -0.131. The number of para-hydroxylation sites is 1. The van der Waals surface area contributed by atoms with Gasteiger partial charge in [-0.1, -0.05) is 18.2 Å². The van der Waals surface area contributed by atoms with Gasteiger partial charge in [-0.15, -0.1) is 0 Å². The van der Waals surface area contributed by atoms with Gasteiger partial charge in [-0.2, -0.15) is 0 Å². The molecular formula is C33H35N5O4. The molecule has 42 heavy (non-hydrogen) atoms. The third-order valence-corrected chi connectivity index (χ3v) is 8.15. The van der Waals surface area contributed by atoms with Crippen LogP contribution in [-0.4, -0.2) is 62.1 Å². The van der Waals surface area contributed by atoms with Gasteiger partial charge in [0, 0.05) is 67.4 Å². The molecule has 9 nitrogen and oxygen atoms in total. The Hall–Kier alpha value is -4.18. The normalized spacial score (nSPS) is 18.9. The number of aromatic amines is 1. The van der Waals surface area contributed by atoms with E-state index in [2.05, 4.69) is 44.8 Å². The van der Waals surface area contributed by atoms with Crippen molar-refractivity contribution in [2.45, 2.75) is 25.5 Å². The summed E-state index contributed by atoms with van der Waals surface area (Å²) >= 11 is 0. The van der Waals surface area contributed by atoms with Gasteiger partial charge in [0.1, 0.15) is 11.5 Å². The number of ether oxygens (including phenoxy) is 3. The lowest BCUT2D eigenvalue weighted by Crippen LogP contribution is -2.44. The first-order valence-corrected chi connectivity index (χ1v) is 14.6. The summed E-state index contributed by atoms with van der Waals surface area (Å²) in [5, 5.41) is 7.15. The molecule has 3 aliphatic rings. The van der Waals surface area contributed by atoms with Gasteiger partial charge < -0.3 is 34.7 Å². The SMILES string of the molecule is Cc1ccc(C(Nc2ccc3c(c2)Cc2cccc(-c4cc(N5CCOCC5)cc(=O)[nH]4)c2O3)C2CNCCO2)nc1. The third kappa shape index (κ3) is 5.51. The van der Waals surface area contributed by atoms with E-state index in [9.17, 15) is 4.79 Å². The molecule has 0 aliphatic carbocycles. The van der Waals surface area contributed by atoms with Gasteiger partial charge in [0.25, 0.3) is 0 Å². The Morgan fingerprint density at radius 3 is 2.74 bits per heavy atom. The van der Waals surface area contributed by atoms with E-state index < -0.39 is 0 Å². The largest absolute Gasteiger partial charge is 0.456 e. The number of fused-ring (bicyclic) bond motifs is 2. The van der Waals surface area contributed by atoms with Crippen molar-refractivity contribution in [3.63, 3.8) is 0 Å². The summed E-state index contributed by atoms with van der Waals surface area (Å²) < 4.78 is 18.2. The van der Waals surface area contributed by atoms with Crippen LogP contribution in [0.25, 0.3) is 11.3 Å². The summed E-state index contributed by atoms with van der Waals surface area (Å²) in [4.78, 5) is 22.6. The maximum absolute atomic E-state index is 12.7. The highest BCUT2D eigenvalue weighted by Gasteiger charge is 2.28. The predicted octanol–water partition coefficient (Wildman–Crippen LogP) is 4.42. The molecule has 216 valence electrons. The molecular weight excluding hydrogens is 530 g/mol. The predicted molar refractivity (Wildman–Crippen MR) is 163 cm³/mol. The van der Waals surface area contributed by atoms with Crippen LogP contribution in [-0.2, 0) is 15.9 Å². The molecule has 2 aromatic heterocycles. The number of rotatable bonds is 6. The Balaban J connectivity index is 1.16. The van der Waals surface area contributed by atoms with E-state index in [1.807, 2.05) is 43.5 Å². The number of morpholine rings is 2. The molecule has 0 spiro atoms. The number of anilines is 2. The molecule has 3 N–H and O–H groups in total. The van der Waals surface area contributed by atoms with Crippen molar-refractivity contribution in [3.8, 4) is 22.8 Å². The van der Waals surface area contributed by atoms with Crippen LogP contribution in [0.15, 0.2) is 71.7 Å². The summed E-state index contributed by atoms with van der Waals surface area (Å²) in [5.41, 5.74) is 7.63. The van der Waals surface area contributed by atoms with Crippen LogP contribution < -0.4 is 25.8 Å². The van der Waals surface area contributed by atoms with Crippen LogP contribution in [0, 0.1) is 6.92 Å². The third-order valence-electron chi connectivity index (χ3n) is 8.15. The van der Waals surface area contributed by atoms with Gasteiger partial charge in [0.2, 0.25) is 5.56 Å². The fourth-order valence-electron chi connectivity index (χ4n) is 5.96. The number of nitrogens with one attached hydrogen (secondary N) is 3. The highest BCUT2D eigenvalue weighted by atomic mass is 16.5. The Bertz CT molecular complexity index is 1620. The maximum Gasteiger partial charge on any atom is 0.250 e. The number of aromatic nitrogens is 2. The zero-order valence-electron chi connectivity index (χ0n) is 23.7. The maximum atomic E-state index is 12.7. The number of aryl methyl sites for hydroxylation is 1. The van der Waals surface area contributed by atoms with Crippen molar-refractivity contribution in [1.82, 2.24) is 15.3 Å². The highest BCUT2D eigenvalue weighted by molar-refractivity contribution is 5.74. The molecule has 0 saturated carbocycles. The van der Waals surface area contributed by atoms with Gasteiger partial charge >= 0.3 is 0 Å². The Kier molecular flexibility index (Phi) is 7.37. The molecule has 0 amide bonds. The van der Waals surface area contributed by atoms with Crippen molar-refractivity contribution >= 4 is 11.4 Å². The topological polar surface area (TPSA) is 101 Å². The average Bonchev–Trinajstić information content (AvgIpc) is 3.03. The van der Waals surface area contributed by atoms with Crippen molar-refractivity contribution in [2.75, 3.05) is 56.2 Å². The van der Waals surface area contributed by atoms with Crippen molar-refractivity contribution < 1.29 is 14.2 Å². The molecule has 9 heteroatoms. The van der Waals surface area contributed by atoms with Crippen molar-refractivity contribution in [1.29, 1.82) is 0 Å². The van der Waals surface area contributed by atoms with E-state index in [1.165, 1.54) is 0 Å². The zero-order chi connectivity index (χ0) is 28.5. The second-order valence-corrected chi connectivity index (χ2v) is 11.1. The van der Waals surface area contributed by atoms with Crippen molar-refractivity contribution in [3.05, 3.63) is 99.6 Å². The van der Waals surface area contributed by atoms with Crippen molar-refractivity contribution in [2.24, 2.45) is 0 Å². The molecule has 2 atom stereocenters. The summed E-state index contributed by atoms with van der Waals surface area (Å²) in [5.74, 6) is 1.59. The molecule has 0 radical (unpaired) electrons. The Morgan fingerprint density at radius 2 is 1.93 bits per heavy atom. The minimum Gasteiger partial charge on any atom is -0.456 e. The summed E-state index contributed by atoms with van der Waals surface area (Å²) in [7, 11) is 0. The van der Waals surface area contributed by atoms with E-state index in [1.54, 1.807) is 6.07 Å². The number of nitrogens with zero attached hydrogens (tertiary/aromatic N) is 2. The minimum absolute atomic E-state index is 0.0418. The molecule has 4 aromatic rings. The molecule has 7 rings (SSSR count). The van der Waals surface area contributed by atoms with Gasteiger partial charge in [-0.05, 0) is 54.4 Å². The van der Waals surface area contributed by atoms with E-state index in [4.69, 9.17) is 19.2 Å². The number of H-pyrrole nitrogens is 1. The number of benzene rings is 2. The Morgan fingerprint density at radius 1 is 1.02 bits per heavy atom. The zero-order valence-corrected chi connectivity index (χ0v) is 23.7. The molecule has 0 bridgehead atoms. The lowest BCUT2D eigenvalue weighted by Gasteiger charge is -2.32. The molecule has 5 heterocycles. The number of hydrogen-bond acceptors (Lipinski definition) is 8. The van der Waals surface area contributed by atoms with Crippen LogP contribution >= 0.6 is 0 Å². The number of hydrogen-bond donors (Lipinski definition) is 3. The van der Waals surface area contributed by atoms with Crippen LogP contribution in [0.1, 0.15) is 28.4 Å². The first kappa shape index (κ1) is 26.7. The standard InChI is InChI=1S/C33H35N5O4/c1-21-5-7-27(35-19-21)32(30-20-34-9-12-41-30)36-24-6-8-29-23(16-24)15-22-3-2-4-26(33(22)42-29)28-17-25(18-31(39)37-28)38-10-13-40-14-11-38/h2-8,16-19,30,32,34,36H,9-15,20H2,1H3,(H,37,39). The van der Waals surface area contributed by atoms with Crippen LogP contribution in [0.3, 0.4) is 0 Å². The van der Waals surface area contributed by atoms with E-state index >= 15 is 0 Å². The second-order valence-electron chi connectivity index (χ2n) is 11.1. The lowest BCUT2D eigenvalue weighted by atomic mass is 9.95. The van der Waals surface area contributed by atoms with Crippen LogP contribution in [0.2, 0.25) is 0 Å². The summed E-state index contributed by atoms with van der Waals surface area (Å²) in [6, 6.07) is 20.1. The van der Waals surface area contributed by atoms with Gasteiger partial charge in [0.15, 0.2) is 0 Å². The lowest BCUT2D eigenvalue weighted by molar-refractivity contribution is 0.0157. The molecule has 2 fully saturated rings.